The van der Waals surface area contributed by atoms with E-state index in [1.165, 1.54) is 12.8 Å². The van der Waals surface area contributed by atoms with E-state index >= 15 is 0 Å². The van der Waals surface area contributed by atoms with E-state index in [1.807, 2.05) is 13.0 Å². The average molecular weight is 601 g/mol. The molecule has 0 radical (unpaired) electrons. The molecule has 0 spiro atoms. The van der Waals surface area contributed by atoms with Gasteiger partial charge in [0.2, 0.25) is 0 Å². The number of carbonyl (C=O) groups is 1. The van der Waals surface area contributed by atoms with Crippen LogP contribution in [0.1, 0.15) is 62.3 Å². The molecule has 8 rings (SSSR count). The largest absolute Gasteiger partial charge is 0.465 e. The van der Waals surface area contributed by atoms with Gasteiger partial charge in [-0.3, -0.25) is 9.80 Å². The molecule has 6 heterocycles. The Bertz CT molecular complexity index is 1590. The van der Waals surface area contributed by atoms with E-state index in [-0.39, 0.29) is 23.4 Å². The molecule has 5 aliphatic heterocycles. The summed E-state index contributed by atoms with van der Waals surface area (Å²) >= 11 is 0. The second-order valence-electron chi connectivity index (χ2n) is 13.4. The van der Waals surface area contributed by atoms with Crippen molar-refractivity contribution in [1.29, 1.82) is 0 Å². The number of nitrogens with zero attached hydrogens (tertiary/aromatic N) is 6. The summed E-state index contributed by atoms with van der Waals surface area (Å²) in [6.45, 7) is 7.49. The third-order valence-electron chi connectivity index (χ3n) is 11.1. The molecule has 4 fully saturated rings. The molecule has 1 N–H and O–H groups in total. The zero-order valence-electron chi connectivity index (χ0n) is 25.5. The van der Waals surface area contributed by atoms with Gasteiger partial charge in [-0.25, -0.2) is 9.18 Å². The number of ether oxygens (including phenoxy) is 1. The van der Waals surface area contributed by atoms with Gasteiger partial charge in [0.05, 0.1) is 29.9 Å². The fourth-order valence-corrected chi connectivity index (χ4v) is 8.99. The summed E-state index contributed by atoms with van der Waals surface area (Å²) in [6.07, 6.45) is 7.03. The minimum Gasteiger partial charge on any atom is -0.465 e. The van der Waals surface area contributed by atoms with Crippen molar-refractivity contribution in [1.82, 2.24) is 19.8 Å². The van der Waals surface area contributed by atoms with Gasteiger partial charge in [-0.2, -0.15) is 9.97 Å². The van der Waals surface area contributed by atoms with Crippen LogP contribution in [0.3, 0.4) is 0 Å². The Kier molecular flexibility index (Phi) is 6.81. The second kappa shape index (κ2) is 10.8. The summed E-state index contributed by atoms with van der Waals surface area (Å²) in [5.74, 6) is 0.740. The fourth-order valence-electron chi connectivity index (χ4n) is 8.99. The first kappa shape index (κ1) is 27.9. The number of anilines is 2. The highest BCUT2D eigenvalue weighted by Gasteiger charge is 2.46. The second-order valence-corrected chi connectivity index (χ2v) is 13.4. The molecule has 5 aliphatic rings. The predicted octanol–water partition coefficient (Wildman–Crippen LogP) is 5.23. The summed E-state index contributed by atoms with van der Waals surface area (Å²) in [7, 11) is 0. The van der Waals surface area contributed by atoms with Gasteiger partial charge in [0.25, 0.3) is 0 Å². The highest BCUT2D eigenvalue weighted by Crippen LogP contribution is 2.41. The van der Waals surface area contributed by atoms with E-state index in [2.05, 4.69) is 32.9 Å². The third-order valence-corrected chi connectivity index (χ3v) is 11.1. The first-order valence-corrected chi connectivity index (χ1v) is 16.4. The van der Waals surface area contributed by atoms with Crippen molar-refractivity contribution >= 4 is 28.4 Å². The number of hydrogen-bond donors (Lipinski definition) is 1. The molecule has 2 atom stereocenters. The van der Waals surface area contributed by atoms with Gasteiger partial charge in [0.1, 0.15) is 18.2 Å². The summed E-state index contributed by atoms with van der Waals surface area (Å²) < 4.78 is 21.5. The summed E-state index contributed by atoms with van der Waals surface area (Å²) in [6, 6.07) is 10.0. The van der Waals surface area contributed by atoms with Crippen LogP contribution in [0.2, 0.25) is 0 Å². The maximum Gasteiger partial charge on any atom is 0.407 e. The minimum absolute atomic E-state index is 0.0243. The monoisotopic (exact) mass is 600 g/mol. The number of aromatic nitrogens is 2. The smallest absolute Gasteiger partial charge is 0.407 e. The molecule has 232 valence electrons. The van der Waals surface area contributed by atoms with Gasteiger partial charge in [-0.15, -0.1) is 0 Å². The topological polar surface area (TPSA) is 85.3 Å². The molecule has 9 nitrogen and oxygen atoms in total. The first-order chi connectivity index (χ1) is 21.4. The Morgan fingerprint density at radius 1 is 1.05 bits per heavy atom. The lowest BCUT2D eigenvalue weighted by Gasteiger charge is -2.41. The van der Waals surface area contributed by atoms with Gasteiger partial charge in [0.15, 0.2) is 0 Å². The third kappa shape index (κ3) is 4.47. The molecular formula is C34H41FN6O3. The normalized spacial score (nSPS) is 24.2. The van der Waals surface area contributed by atoms with Crippen molar-refractivity contribution in [2.45, 2.75) is 82.5 Å². The molecule has 0 aliphatic carbocycles. The Balaban J connectivity index is 1.15. The highest BCUT2D eigenvalue weighted by molar-refractivity contribution is 5.97. The van der Waals surface area contributed by atoms with Crippen molar-refractivity contribution in [3.8, 4) is 6.01 Å². The molecule has 2 bridgehead atoms. The average Bonchev–Trinajstić information content (AvgIpc) is 3.69. The first-order valence-electron chi connectivity index (χ1n) is 16.4. The van der Waals surface area contributed by atoms with Crippen molar-refractivity contribution < 1.29 is 19.0 Å². The maximum absolute atomic E-state index is 15.0. The van der Waals surface area contributed by atoms with Gasteiger partial charge < -0.3 is 19.6 Å². The van der Waals surface area contributed by atoms with Crippen LogP contribution in [-0.4, -0.2) is 87.9 Å². The predicted molar refractivity (Wildman–Crippen MR) is 167 cm³/mol. The van der Waals surface area contributed by atoms with E-state index in [4.69, 9.17) is 14.7 Å². The van der Waals surface area contributed by atoms with Crippen LogP contribution in [0.5, 0.6) is 6.01 Å². The zero-order chi connectivity index (χ0) is 30.0. The van der Waals surface area contributed by atoms with Gasteiger partial charge in [-0.1, -0.05) is 25.1 Å². The van der Waals surface area contributed by atoms with Crippen molar-refractivity contribution in [2.24, 2.45) is 0 Å². The van der Waals surface area contributed by atoms with Crippen LogP contribution < -0.4 is 14.5 Å². The van der Waals surface area contributed by atoms with E-state index < -0.39 is 6.09 Å². The van der Waals surface area contributed by atoms with Crippen LogP contribution in [0.25, 0.3) is 10.8 Å². The van der Waals surface area contributed by atoms with E-state index in [1.54, 1.807) is 11.0 Å². The minimum atomic E-state index is -0.823. The van der Waals surface area contributed by atoms with Crippen LogP contribution >= 0.6 is 0 Å². The molecule has 2 aromatic carbocycles. The number of rotatable bonds is 6. The molecule has 0 unspecified atom stereocenters. The lowest BCUT2D eigenvalue weighted by molar-refractivity contribution is 0.107. The van der Waals surface area contributed by atoms with Gasteiger partial charge in [-0.05, 0) is 87.5 Å². The zero-order valence-corrected chi connectivity index (χ0v) is 25.5. The summed E-state index contributed by atoms with van der Waals surface area (Å²) in [5.41, 5.74) is 3.94. The SMILES string of the molecule is CCc1c(F)ccc2cccc(N3CCc4c(nc(OCC56CCCN5CCC6)nc4N4C[C@H]5CC[C@@H](C4)N5C(=O)O)C3)c12. The van der Waals surface area contributed by atoms with Crippen LogP contribution in [0.15, 0.2) is 30.3 Å². The Morgan fingerprint density at radius 2 is 1.82 bits per heavy atom. The Morgan fingerprint density at radius 3 is 2.55 bits per heavy atom. The molecule has 10 heteroatoms. The number of benzene rings is 2. The number of amides is 1. The number of fused-ring (bicyclic) bond motifs is 5. The quantitative estimate of drug-likeness (QED) is 0.412. The van der Waals surface area contributed by atoms with E-state index in [9.17, 15) is 14.3 Å². The number of piperazine rings is 1. The highest BCUT2D eigenvalue weighted by atomic mass is 19.1. The Labute approximate surface area is 257 Å². The number of carboxylic acid groups (broad SMARTS) is 1. The molecule has 1 amide bonds. The van der Waals surface area contributed by atoms with Crippen LogP contribution in [-0.2, 0) is 19.4 Å². The maximum atomic E-state index is 15.0. The molecule has 3 aromatic rings. The lowest BCUT2D eigenvalue weighted by Crippen LogP contribution is -2.56. The molecule has 44 heavy (non-hydrogen) atoms. The molecular weight excluding hydrogens is 559 g/mol. The van der Waals surface area contributed by atoms with Crippen molar-refractivity contribution in [3.63, 3.8) is 0 Å². The number of halogens is 1. The Hall–Kier alpha value is -3.66. The number of hydrogen-bond acceptors (Lipinski definition) is 7. The molecule has 4 saturated heterocycles. The van der Waals surface area contributed by atoms with E-state index in [0.29, 0.717) is 38.7 Å². The van der Waals surface area contributed by atoms with Crippen molar-refractivity contribution in [2.75, 3.05) is 49.1 Å². The van der Waals surface area contributed by atoms with Crippen LogP contribution in [0, 0.1) is 5.82 Å². The molecule has 1 aromatic heterocycles. The summed E-state index contributed by atoms with van der Waals surface area (Å²) in [4.78, 5) is 31.0. The van der Waals surface area contributed by atoms with Gasteiger partial charge in [0, 0.05) is 36.3 Å². The standard InChI is InChI=1S/C34H41FN6O3/c1-2-25-27(35)11-8-22-6-3-7-29(30(22)25)38-17-12-26-28(20-38)36-32(44-21-34-13-4-15-40(34)16-5-14-34)37-31(26)39-18-23-9-10-24(19-39)41(23)33(42)43/h3,6-8,11,23-24H,2,4-5,9-10,12-21H2,1H3,(H,42,43)/t23-,24+. The molecule has 0 saturated carbocycles. The lowest BCUT2D eigenvalue weighted by atomic mass is 9.95. The van der Waals surface area contributed by atoms with Gasteiger partial charge >= 0.3 is 12.1 Å². The van der Waals surface area contributed by atoms with Crippen molar-refractivity contribution in [3.05, 3.63) is 53.0 Å². The summed E-state index contributed by atoms with van der Waals surface area (Å²) in [5, 5.41) is 11.9. The van der Waals surface area contributed by atoms with Crippen LogP contribution in [0.4, 0.5) is 20.7 Å². The number of aryl methyl sites for hydroxylation is 1. The van der Waals surface area contributed by atoms with E-state index in [0.717, 1.165) is 90.8 Å². The fraction of sp³-hybridized carbons (Fsp3) is 0.559.